The third kappa shape index (κ3) is 4.70. The first-order valence-corrected chi connectivity index (χ1v) is 11.6. The lowest BCUT2D eigenvalue weighted by atomic mass is 9.95. The number of nitrogens with zero attached hydrogens (tertiary/aromatic N) is 1. The minimum absolute atomic E-state index is 0.0173. The highest BCUT2D eigenvalue weighted by molar-refractivity contribution is 9.10. The average molecular weight is 488 g/mol. The third-order valence-corrected chi connectivity index (χ3v) is 7.20. The van der Waals surface area contributed by atoms with Crippen LogP contribution in [-0.2, 0) is 20.9 Å². The third-order valence-electron chi connectivity index (χ3n) is 5.41. The van der Waals surface area contributed by atoms with Crippen LogP contribution in [0.4, 0.5) is 5.69 Å². The van der Waals surface area contributed by atoms with E-state index in [1.807, 2.05) is 48.5 Å². The molecule has 8 heteroatoms. The van der Waals surface area contributed by atoms with Crippen molar-refractivity contribution in [2.45, 2.75) is 29.5 Å². The molecule has 0 saturated carbocycles. The van der Waals surface area contributed by atoms with Crippen molar-refractivity contribution in [2.24, 2.45) is 5.92 Å². The molecule has 0 unspecified atom stereocenters. The zero-order valence-corrected chi connectivity index (χ0v) is 18.7. The second-order valence-electron chi connectivity index (χ2n) is 7.43. The van der Waals surface area contributed by atoms with Crippen LogP contribution >= 0.6 is 27.7 Å². The molecule has 1 atom stereocenters. The molecule has 3 amide bonds. The molecule has 2 N–H and O–H groups in total. The highest BCUT2D eigenvalue weighted by Crippen LogP contribution is 2.36. The van der Waals surface area contributed by atoms with Crippen molar-refractivity contribution in [1.82, 2.24) is 10.2 Å². The minimum Gasteiger partial charge on any atom is -0.352 e. The molecule has 0 aliphatic carbocycles. The summed E-state index contributed by atoms with van der Waals surface area (Å²) in [4.78, 5) is 40.5. The summed E-state index contributed by atoms with van der Waals surface area (Å²) in [6.45, 7) is 1.46. The molecule has 1 saturated heterocycles. The molecule has 2 heterocycles. The summed E-state index contributed by atoms with van der Waals surface area (Å²) in [5, 5.41) is 5.03. The van der Waals surface area contributed by atoms with Crippen molar-refractivity contribution in [2.75, 3.05) is 18.4 Å². The zero-order chi connectivity index (χ0) is 21.1. The number of piperidine rings is 1. The Morgan fingerprint density at radius 2 is 1.80 bits per heavy atom. The Hall–Kier alpha value is -2.32. The maximum absolute atomic E-state index is 12.9. The van der Waals surface area contributed by atoms with E-state index in [1.165, 1.54) is 11.8 Å². The van der Waals surface area contributed by atoms with Gasteiger partial charge in [-0.2, -0.15) is 0 Å². The molecule has 2 aliphatic rings. The van der Waals surface area contributed by atoms with Crippen molar-refractivity contribution < 1.29 is 14.4 Å². The Morgan fingerprint density at radius 1 is 1.10 bits per heavy atom. The molecular formula is C22H22BrN3O3S. The van der Waals surface area contributed by atoms with Gasteiger partial charge in [0.15, 0.2) is 5.25 Å². The van der Waals surface area contributed by atoms with E-state index in [4.69, 9.17) is 0 Å². The fourth-order valence-electron chi connectivity index (χ4n) is 3.68. The number of hydrogen-bond donors (Lipinski definition) is 2. The summed E-state index contributed by atoms with van der Waals surface area (Å²) in [5.41, 5.74) is 1.79. The minimum atomic E-state index is -0.775. The van der Waals surface area contributed by atoms with Crippen molar-refractivity contribution in [3.8, 4) is 0 Å². The Morgan fingerprint density at radius 3 is 2.53 bits per heavy atom. The molecule has 0 radical (unpaired) electrons. The summed E-state index contributed by atoms with van der Waals surface area (Å²) in [5.74, 6) is -0.555. The molecule has 6 nitrogen and oxygen atoms in total. The van der Waals surface area contributed by atoms with E-state index in [2.05, 4.69) is 26.6 Å². The second kappa shape index (κ2) is 9.22. The van der Waals surface area contributed by atoms with Gasteiger partial charge in [-0.1, -0.05) is 40.2 Å². The van der Waals surface area contributed by atoms with Crippen molar-refractivity contribution in [3.05, 3.63) is 58.6 Å². The fourth-order valence-corrected chi connectivity index (χ4v) is 5.01. The zero-order valence-electron chi connectivity index (χ0n) is 16.3. The Bertz CT molecular complexity index is 958. The van der Waals surface area contributed by atoms with Crippen LogP contribution in [0.5, 0.6) is 0 Å². The van der Waals surface area contributed by atoms with E-state index in [9.17, 15) is 14.4 Å². The van der Waals surface area contributed by atoms with Crippen LogP contribution in [0.1, 0.15) is 18.4 Å². The summed E-state index contributed by atoms with van der Waals surface area (Å²) in [7, 11) is 0. The number of carbonyl (C=O) groups is 3. The van der Waals surface area contributed by atoms with Gasteiger partial charge in [-0.15, -0.1) is 11.8 Å². The number of hydrogen-bond acceptors (Lipinski definition) is 4. The number of rotatable bonds is 4. The largest absolute Gasteiger partial charge is 0.352 e. The molecule has 4 rings (SSSR count). The number of fused-ring (bicyclic) bond motifs is 1. The Balaban J connectivity index is 1.28. The van der Waals surface area contributed by atoms with Gasteiger partial charge < -0.3 is 15.5 Å². The number of thioether (sulfide) groups is 1. The van der Waals surface area contributed by atoms with Crippen molar-refractivity contribution >= 4 is 51.1 Å². The van der Waals surface area contributed by atoms with E-state index in [-0.39, 0.29) is 23.6 Å². The van der Waals surface area contributed by atoms with Crippen LogP contribution in [0, 0.1) is 5.92 Å². The van der Waals surface area contributed by atoms with Crippen LogP contribution in [0.2, 0.25) is 0 Å². The molecule has 2 aromatic carbocycles. The van der Waals surface area contributed by atoms with Gasteiger partial charge in [0.05, 0.1) is 5.69 Å². The standard InChI is InChI=1S/C22H22BrN3O3S/c23-16-7-5-14(6-8-16)13-24-20(27)15-9-11-26(12-10-15)22(29)19-21(28)25-17-3-1-2-4-18(17)30-19/h1-8,15,19H,9-13H2,(H,24,27)(H,25,28)/t19-/m0/s1. The summed E-state index contributed by atoms with van der Waals surface area (Å²) in [6.07, 6.45) is 1.21. The molecule has 1 fully saturated rings. The lowest BCUT2D eigenvalue weighted by Gasteiger charge is -2.34. The molecule has 0 bridgehead atoms. The van der Waals surface area contributed by atoms with Gasteiger partial charge >= 0.3 is 0 Å². The molecular weight excluding hydrogens is 466 g/mol. The van der Waals surface area contributed by atoms with E-state index in [0.29, 0.717) is 32.5 Å². The summed E-state index contributed by atoms with van der Waals surface area (Å²) >= 11 is 4.69. The number of carbonyl (C=O) groups excluding carboxylic acids is 3. The van der Waals surface area contributed by atoms with E-state index in [0.717, 1.165) is 20.6 Å². The highest BCUT2D eigenvalue weighted by atomic mass is 79.9. The first kappa shape index (κ1) is 20.9. The normalized spacial score (nSPS) is 19.0. The predicted molar refractivity (Wildman–Crippen MR) is 120 cm³/mol. The van der Waals surface area contributed by atoms with Crippen LogP contribution < -0.4 is 10.6 Å². The SMILES string of the molecule is O=C(NCc1ccc(Br)cc1)C1CCN(C(=O)[C@H]2Sc3ccccc3NC2=O)CC1. The lowest BCUT2D eigenvalue weighted by molar-refractivity contribution is -0.137. The van der Waals surface area contributed by atoms with Crippen LogP contribution in [0.3, 0.4) is 0 Å². The number of para-hydroxylation sites is 1. The topological polar surface area (TPSA) is 78.5 Å². The first-order chi connectivity index (χ1) is 14.5. The van der Waals surface area contributed by atoms with Crippen LogP contribution in [-0.4, -0.2) is 41.0 Å². The van der Waals surface area contributed by atoms with Gasteiger partial charge in [0.1, 0.15) is 0 Å². The molecule has 0 aromatic heterocycles. The van der Waals surface area contributed by atoms with Gasteiger partial charge in [0.2, 0.25) is 17.7 Å². The monoisotopic (exact) mass is 487 g/mol. The van der Waals surface area contributed by atoms with Crippen molar-refractivity contribution in [1.29, 1.82) is 0 Å². The van der Waals surface area contributed by atoms with Gasteiger partial charge in [-0.25, -0.2) is 0 Å². The number of likely N-dealkylation sites (tertiary alicyclic amines) is 1. The highest BCUT2D eigenvalue weighted by Gasteiger charge is 2.37. The fraction of sp³-hybridized carbons (Fsp3) is 0.318. The van der Waals surface area contributed by atoms with Gasteiger partial charge in [0, 0.05) is 34.9 Å². The smallest absolute Gasteiger partial charge is 0.247 e. The molecule has 30 heavy (non-hydrogen) atoms. The summed E-state index contributed by atoms with van der Waals surface area (Å²) in [6, 6.07) is 15.3. The molecule has 156 valence electrons. The maximum Gasteiger partial charge on any atom is 0.247 e. The van der Waals surface area contributed by atoms with E-state index < -0.39 is 5.25 Å². The van der Waals surface area contributed by atoms with Gasteiger partial charge in [0.25, 0.3) is 0 Å². The number of amides is 3. The number of halogens is 1. The van der Waals surface area contributed by atoms with Crippen molar-refractivity contribution in [3.63, 3.8) is 0 Å². The number of benzene rings is 2. The molecule has 2 aromatic rings. The first-order valence-electron chi connectivity index (χ1n) is 9.89. The molecule has 0 spiro atoms. The Kier molecular flexibility index (Phi) is 6.43. The van der Waals surface area contributed by atoms with Crippen LogP contribution in [0.25, 0.3) is 0 Å². The number of nitrogens with one attached hydrogen (secondary N) is 2. The number of anilines is 1. The van der Waals surface area contributed by atoms with Gasteiger partial charge in [-0.3, -0.25) is 14.4 Å². The predicted octanol–water partition coefficient (Wildman–Crippen LogP) is 3.42. The van der Waals surface area contributed by atoms with Gasteiger partial charge in [-0.05, 0) is 42.7 Å². The van der Waals surface area contributed by atoms with E-state index in [1.54, 1.807) is 4.90 Å². The second-order valence-corrected chi connectivity index (χ2v) is 9.49. The van der Waals surface area contributed by atoms with Crippen LogP contribution in [0.15, 0.2) is 57.9 Å². The maximum atomic E-state index is 12.9. The molecule has 2 aliphatic heterocycles. The van der Waals surface area contributed by atoms with E-state index >= 15 is 0 Å². The quantitative estimate of drug-likeness (QED) is 0.647. The lowest BCUT2D eigenvalue weighted by Crippen LogP contribution is -2.49. The summed E-state index contributed by atoms with van der Waals surface area (Å²) < 4.78 is 1.00. The Labute approximate surface area is 187 Å². The average Bonchev–Trinajstić information content (AvgIpc) is 2.77.